The maximum Gasteiger partial charge on any atom is 0.134 e. The van der Waals surface area contributed by atoms with Gasteiger partial charge in [0.2, 0.25) is 0 Å². The van der Waals surface area contributed by atoms with Gasteiger partial charge in [-0.2, -0.15) is 0 Å². The van der Waals surface area contributed by atoms with Gasteiger partial charge in [-0.3, -0.25) is 0 Å². The van der Waals surface area contributed by atoms with Crippen molar-refractivity contribution in [1.29, 1.82) is 0 Å². The van der Waals surface area contributed by atoms with Crippen molar-refractivity contribution in [3.63, 3.8) is 0 Å². The van der Waals surface area contributed by atoms with Gasteiger partial charge < -0.3 is 10.5 Å². The summed E-state index contributed by atoms with van der Waals surface area (Å²) in [5, 5.41) is 1.96. The number of methoxy groups -OCH3 is 1. The molecule has 0 bridgehead atoms. The van der Waals surface area contributed by atoms with Gasteiger partial charge in [-0.15, -0.1) is 11.3 Å². The Hall–Kier alpha value is -1.46. The summed E-state index contributed by atoms with van der Waals surface area (Å²) in [4.78, 5) is 8.88. The van der Waals surface area contributed by atoms with Gasteiger partial charge in [0.25, 0.3) is 0 Å². The van der Waals surface area contributed by atoms with Crippen LogP contribution in [-0.4, -0.2) is 17.1 Å². The summed E-state index contributed by atoms with van der Waals surface area (Å²) >= 11 is 1.57. The summed E-state index contributed by atoms with van der Waals surface area (Å²) < 4.78 is 5.22. The molecule has 2 heterocycles. The number of nitrogens with zero attached hydrogens (tertiary/aromatic N) is 2. The lowest BCUT2D eigenvalue weighted by atomic mass is 10.1. The fourth-order valence-corrected chi connectivity index (χ4v) is 2.22. The minimum absolute atomic E-state index is 0.221. The van der Waals surface area contributed by atoms with E-state index in [9.17, 15) is 0 Å². The summed E-state index contributed by atoms with van der Waals surface area (Å²) in [6.07, 6.45) is 4.93. The highest BCUT2D eigenvalue weighted by Gasteiger charge is 2.15. The average molecular weight is 221 g/mol. The third-order valence-corrected chi connectivity index (χ3v) is 3.08. The molecular weight excluding hydrogens is 210 g/mol. The first-order valence-electron chi connectivity index (χ1n) is 4.45. The summed E-state index contributed by atoms with van der Waals surface area (Å²) in [5.74, 6) is 0.816. The van der Waals surface area contributed by atoms with Crippen LogP contribution < -0.4 is 10.5 Å². The minimum atomic E-state index is -0.221. The van der Waals surface area contributed by atoms with E-state index in [2.05, 4.69) is 9.97 Å². The molecule has 1 unspecified atom stereocenters. The molecule has 0 aliphatic heterocycles. The van der Waals surface area contributed by atoms with Crippen LogP contribution >= 0.6 is 11.3 Å². The van der Waals surface area contributed by atoms with Crippen molar-refractivity contribution in [2.75, 3.05) is 7.11 Å². The monoisotopic (exact) mass is 221 g/mol. The summed E-state index contributed by atoms with van der Waals surface area (Å²) in [7, 11) is 1.64. The van der Waals surface area contributed by atoms with Crippen LogP contribution in [0.2, 0.25) is 0 Å². The van der Waals surface area contributed by atoms with Crippen molar-refractivity contribution >= 4 is 11.3 Å². The molecule has 0 aromatic carbocycles. The zero-order valence-corrected chi connectivity index (χ0v) is 9.07. The molecule has 0 radical (unpaired) electrons. The number of hydrogen-bond donors (Lipinski definition) is 1. The molecule has 1 atom stereocenters. The molecule has 4 nitrogen and oxygen atoms in total. The molecule has 0 amide bonds. The van der Waals surface area contributed by atoms with E-state index < -0.39 is 0 Å². The second-order valence-electron chi connectivity index (χ2n) is 3.00. The molecule has 5 heteroatoms. The average Bonchev–Trinajstić information content (AvgIpc) is 2.77. The molecule has 2 aromatic heterocycles. The molecule has 0 spiro atoms. The van der Waals surface area contributed by atoms with Crippen LogP contribution in [0.3, 0.4) is 0 Å². The Kier molecular flexibility index (Phi) is 2.94. The molecule has 2 rings (SSSR count). The lowest BCUT2D eigenvalue weighted by molar-refractivity contribution is 0.411. The zero-order chi connectivity index (χ0) is 10.7. The molecule has 78 valence electrons. The van der Waals surface area contributed by atoms with Crippen LogP contribution in [0.4, 0.5) is 0 Å². The van der Waals surface area contributed by atoms with Gasteiger partial charge in [0.1, 0.15) is 12.1 Å². The molecule has 0 aliphatic rings. The van der Waals surface area contributed by atoms with Gasteiger partial charge in [0.05, 0.1) is 18.0 Å². The standard InChI is InChI=1S/C10H11N3OS/c1-14-8-2-3-15-10(8)9(11)7-4-12-6-13-5-7/h2-6,9H,11H2,1H3. The Balaban J connectivity index is 2.32. The van der Waals surface area contributed by atoms with Crippen molar-refractivity contribution in [3.8, 4) is 5.75 Å². The lowest BCUT2D eigenvalue weighted by Crippen LogP contribution is -2.11. The van der Waals surface area contributed by atoms with Crippen molar-refractivity contribution in [2.45, 2.75) is 6.04 Å². The number of hydrogen-bond acceptors (Lipinski definition) is 5. The fraction of sp³-hybridized carbons (Fsp3) is 0.200. The maximum absolute atomic E-state index is 6.09. The highest BCUT2D eigenvalue weighted by Crippen LogP contribution is 2.32. The molecule has 15 heavy (non-hydrogen) atoms. The maximum atomic E-state index is 6.09. The van der Waals surface area contributed by atoms with Gasteiger partial charge in [-0.05, 0) is 11.4 Å². The number of nitrogens with two attached hydrogens (primary N) is 1. The highest BCUT2D eigenvalue weighted by molar-refractivity contribution is 7.10. The van der Waals surface area contributed by atoms with Crippen LogP contribution in [0, 0.1) is 0 Å². The van der Waals surface area contributed by atoms with Gasteiger partial charge >= 0.3 is 0 Å². The van der Waals surface area contributed by atoms with Crippen LogP contribution in [0.5, 0.6) is 5.75 Å². The predicted octanol–water partition coefficient (Wildman–Crippen LogP) is 1.59. The van der Waals surface area contributed by atoms with E-state index in [0.717, 1.165) is 16.2 Å². The summed E-state index contributed by atoms with van der Waals surface area (Å²) in [6, 6.07) is 1.69. The van der Waals surface area contributed by atoms with Crippen LogP contribution in [-0.2, 0) is 0 Å². The molecule has 2 N–H and O–H groups in total. The van der Waals surface area contributed by atoms with Gasteiger partial charge in [0.15, 0.2) is 0 Å². The first kappa shape index (κ1) is 10.1. The summed E-state index contributed by atoms with van der Waals surface area (Å²) in [6.45, 7) is 0. The third kappa shape index (κ3) is 1.98. The Morgan fingerprint density at radius 2 is 2.13 bits per heavy atom. The quantitative estimate of drug-likeness (QED) is 0.855. The molecule has 0 aliphatic carbocycles. The van der Waals surface area contributed by atoms with E-state index in [1.807, 2.05) is 11.4 Å². The van der Waals surface area contributed by atoms with Gasteiger partial charge in [0, 0.05) is 18.0 Å². The molecule has 0 fully saturated rings. The topological polar surface area (TPSA) is 61.0 Å². The Bertz CT molecular complexity index is 429. The van der Waals surface area contributed by atoms with E-state index >= 15 is 0 Å². The van der Waals surface area contributed by atoms with Crippen molar-refractivity contribution in [2.24, 2.45) is 5.73 Å². The van der Waals surface area contributed by atoms with E-state index in [1.165, 1.54) is 6.33 Å². The number of thiophene rings is 1. The number of ether oxygens (including phenoxy) is 1. The van der Waals surface area contributed by atoms with E-state index in [4.69, 9.17) is 10.5 Å². The van der Waals surface area contributed by atoms with Crippen LogP contribution in [0.25, 0.3) is 0 Å². The molecule has 0 saturated carbocycles. The second kappa shape index (κ2) is 4.37. The van der Waals surface area contributed by atoms with E-state index in [-0.39, 0.29) is 6.04 Å². The zero-order valence-electron chi connectivity index (χ0n) is 8.25. The van der Waals surface area contributed by atoms with Gasteiger partial charge in [-0.25, -0.2) is 9.97 Å². The van der Waals surface area contributed by atoms with E-state index in [0.29, 0.717) is 0 Å². The molecular formula is C10H11N3OS. The number of aromatic nitrogens is 2. The third-order valence-electron chi connectivity index (χ3n) is 2.10. The largest absolute Gasteiger partial charge is 0.496 e. The summed E-state index contributed by atoms with van der Waals surface area (Å²) in [5.41, 5.74) is 6.97. The number of rotatable bonds is 3. The minimum Gasteiger partial charge on any atom is -0.496 e. The normalized spacial score (nSPS) is 12.4. The van der Waals surface area contributed by atoms with Crippen LogP contribution in [0.15, 0.2) is 30.2 Å². The first-order valence-corrected chi connectivity index (χ1v) is 5.32. The molecule has 0 saturated heterocycles. The Morgan fingerprint density at radius 1 is 1.40 bits per heavy atom. The Morgan fingerprint density at radius 3 is 2.80 bits per heavy atom. The predicted molar refractivity (Wildman–Crippen MR) is 58.9 cm³/mol. The SMILES string of the molecule is COc1ccsc1C(N)c1cncnc1. The van der Waals surface area contributed by atoms with Gasteiger partial charge in [-0.1, -0.05) is 0 Å². The highest BCUT2D eigenvalue weighted by atomic mass is 32.1. The Labute approximate surface area is 91.8 Å². The fourth-order valence-electron chi connectivity index (χ4n) is 1.33. The smallest absolute Gasteiger partial charge is 0.134 e. The first-order chi connectivity index (χ1) is 7.33. The van der Waals surface area contributed by atoms with Crippen molar-refractivity contribution in [1.82, 2.24) is 9.97 Å². The van der Waals surface area contributed by atoms with E-state index in [1.54, 1.807) is 30.8 Å². The van der Waals surface area contributed by atoms with Crippen molar-refractivity contribution in [3.05, 3.63) is 40.6 Å². The lowest BCUT2D eigenvalue weighted by Gasteiger charge is -2.10. The second-order valence-corrected chi connectivity index (χ2v) is 3.95. The van der Waals surface area contributed by atoms with Crippen LogP contribution in [0.1, 0.15) is 16.5 Å². The van der Waals surface area contributed by atoms with Crippen molar-refractivity contribution < 1.29 is 4.74 Å². The molecule has 2 aromatic rings.